The fraction of sp³-hybridized carbons (Fsp3) is 0.0909. The molecule has 0 radical (unpaired) electrons. The summed E-state index contributed by atoms with van der Waals surface area (Å²) in [4.78, 5) is 17.5. The van der Waals surface area contributed by atoms with E-state index in [1.807, 2.05) is 0 Å². The van der Waals surface area contributed by atoms with Crippen LogP contribution in [-0.2, 0) is 6.18 Å². The molecule has 2 heterocycles. The minimum absolute atomic E-state index is 0.158. The van der Waals surface area contributed by atoms with Gasteiger partial charge in [0.1, 0.15) is 11.4 Å². The number of carbonyl (C=O) groups is 1. The molecule has 19 heavy (non-hydrogen) atoms. The summed E-state index contributed by atoms with van der Waals surface area (Å²) in [5, 5.41) is 2.39. The van der Waals surface area contributed by atoms with Crippen LogP contribution in [0, 0.1) is 0 Å². The Morgan fingerprint density at radius 1 is 1.37 bits per heavy atom. The molecule has 2 rings (SSSR count). The lowest BCUT2D eigenvalue weighted by molar-refractivity contribution is -0.141. The van der Waals surface area contributed by atoms with E-state index < -0.39 is 17.8 Å². The third-order valence-electron chi connectivity index (χ3n) is 2.26. The van der Waals surface area contributed by atoms with Crippen LogP contribution in [0.25, 0.3) is 0 Å². The van der Waals surface area contributed by atoms with E-state index >= 15 is 0 Å². The highest BCUT2D eigenvalue weighted by atomic mass is 19.4. The molecule has 1 amide bonds. The smallest absolute Gasteiger partial charge is 0.397 e. The van der Waals surface area contributed by atoms with Gasteiger partial charge in [-0.3, -0.25) is 4.79 Å². The second kappa shape index (κ2) is 4.63. The normalized spacial score (nSPS) is 11.3. The Morgan fingerprint density at radius 2 is 2.11 bits per heavy atom. The molecule has 2 aromatic rings. The number of anilines is 2. The number of carbonyl (C=O) groups excluding carboxylic acids is 1. The Labute approximate surface area is 105 Å². The van der Waals surface area contributed by atoms with Gasteiger partial charge >= 0.3 is 6.18 Å². The molecule has 0 atom stereocenters. The van der Waals surface area contributed by atoms with Crippen molar-refractivity contribution in [2.45, 2.75) is 6.18 Å². The van der Waals surface area contributed by atoms with Crippen molar-refractivity contribution < 1.29 is 18.0 Å². The molecule has 0 bridgehead atoms. The summed E-state index contributed by atoms with van der Waals surface area (Å²) in [6.07, 6.45) is -2.14. The number of aromatic nitrogens is 2. The van der Waals surface area contributed by atoms with Crippen LogP contribution in [0.4, 0.5) is 24.5 Å². The van der Waals surface area contributed by atoms with Gasteiger partial charge in [-0.25, -0.2) is 4.98 Å². The number of hydrogen-bond acceptors (Lipinski definition) is 3. The van der Waals surface area contributed by atoms with Crippen LogP contribution in [0.1, 0.15) is 16.2 Å². The summed E-state index contributed by atoms with van der Waals surface area (Å²) in [6.45, 7) is 0. The van der Waals surface area contributed by atoms with Gasteiger partial charge in [0.2, 0.25) is 0 Å². The maximum atomic E-state index is 12.3. The molecule has 100 valence electrons. The van der Waals surface area contributed by atoms with Crippen LogP contribution in [0.5, 0.6) is 0 Å². The summed E-state index contributed by atoms with van der Waals surface area (Å²) in [5.74, 6) is -0.516. The minimum Gasteiger partial charge on any atom is -0.397 e. The number of nitrogen functional groups attached to an aromatic ring is 1. The molecule has 0 aliphatic rings. The Hall–Kier alpha value is -2.51. The van der Waals surface area contributed by atoms with Gasteiger partial charge in [-0.15, -0.1) is 0 Å². The number of pyridine rings is 1. The lowest BCUT2D eigenvalue weighted by atomic mass is 10.3. The van der Waals surface area contributed by atoms with Crippen molar-refractivity contribution in [3.8, 4) is 0 Å². The standard InChI is InChI=1S/C11H9F3N4O/c12-11(13,14)9-2-1-7(5-17-9)18-10(19)8-3-6(15)4-16-8/h1-5,16H,15H2,(H,18,19). The van der Waals surface area contributed by atoms with Crippen molar-refractivity contribution in [3.05, 3.63) is 42.0 Å². The molecule has 0 aliphatic heterocycles. The molecule has 0 saturated carbocycles. The number of H-pyrrole nitrogens is 1. The molecule has 5 nitrogen and oxygen atoms in total. The van der Waals surface area contributed by atoms with E-state index in [2.05, 4.69) is 15.3 Å². The van der Waals surface area contributed by atoms with Gasteiger partial charge in [0.25, 0.3) is 5.91 Å². The van der Waals surface area contributed by atoms with Gasteiger partial charge in [0.15, 0.2) is 0 Å². The van der Waals surface area contributed by atoms with Gasteiger partial charge < -0.3 is 16.0 Å². The highest BCUT2D eigenvalue weighted by Crippen LogP contribution is 2.27. The number of nitrogens with one attached hydrogen (secondary N) is 2. The molecule has 0 aromatic carbocycles. The van der Waals surface area contributed by atoms with Crippen molar-refractivity contribution in [3.63, 3.8) is 0 Å². The van der Waals surface area contributed by atoms with Crippen LogP contribution in [-0.4, -0.2) is 15.9 Å². The van der Waals surface area contributed by atoms with E-state index in [4.69, 9.17) is 5.73 Å². The molecule has 0 fully saturated rings. The topological polar surface area (TPSA) is 83.8 Å². The van der Waals surface area contributed by atoms with Gasteiger partial charge in [0.05, 0.1) is 11.9 Å². The predicted octanol–water partition coefficient (Wildman–Crippen LogP) is 2.26. The lowest BCUT2D eigenvalue weighted by Gasteiger charge is -2.07. The summed E-state index contributed by atoms with van der Waals surface area (Å²) in [6, 6.07) is 3.32. The van der Waals surface area contributed by atoms with E-state index in [-0.39, 0.29) is 11.4 Å². The van der Waals surface area contributed by atoms with Crippen molar-refractivity contribution in [1.29, 1.82) is 0 Å². The number of alkyl halides is 3. The van der Waals surface area contributed by atoms with Crippen molar-refractivity contribution in [2.75, 3.05) is 11.1 Å². The average molecular weight is 270 g/mol. The van der Waals surface area contributed by atoms with Crippen molar-refractivity contribution >= 4 is 17.3 Å². The maximum absolute atomic E-state index is 12.3. The van der Waals surface area contributed by atoms with E-state index in [9.17, 15) is 18.0 Å². The predicted molar refractivity (Wildman–Crippen MR) is 62.4 cm³/mol. The quantitative estimate of drug-likeness (QED) is 0.782. The fourth-order valence-corrected chi connectivity index (χ4v) is 1.38. The molecule has 0 aliphatic carbocycles. The largest absolute Gasteiger partial charge is 0.433 e. The van der Waals surface area contributed by atoms with Gasteiger partial charge in [-0.05, 0) is 18.2 Å². The summed E-state index contributed by atoms with van der Waals surface area (Å²) in [7, 11) is 0. The summed E-state index contributed by atoms with van der Waals surface area (Å²) >= 11 is 0. The fourth-order valence-electron chi connectivity index (χ4n) is 1.38. The Bertz CT molecular complexity index is 589. The SMILES string of the molecule is Nc1c[nH]c(C(=O)Nc2ccc(C(F)(F)F)nc2)c1. The second-order valence-corrected chi connectivity index (χ2v) is 3.73. The Balaban J connectivity index is 2.10. The first-order chi connectivity index (χ1) is 8.86. The zero-order valence-corrected chi connectivity index (χ0v) is 9.45. The lowest BCUT2D eigenvalue weighted by Crippen LogP contribution is -2.13. The van der Waals surface area contributed by atoms with Crippen molar-refractivity contribution in [2.24, 2.45) is 0 Å². The molecular weight excluding hydrogens is 261 g/mol. The molecular formula is C11H9F3N4O. The first kappa shape index (κ1) is 12.9. The zero-order chi connectivity index (χ0) is 14.0. The number of hydrogen-bond donors (Lipinski definition) is 3. The first-order valence-electron chi connectivity index (χ1n) is 5.15. The summed E-state index contributed by atoms with van der Waals surface area (Å²) in [5.41, 5.74) is 5.16. The van der Waals surface area contributed by atoms with E-state index in [1.165, 1.54) is 12.3 Å². The number of aromatic amines is 1. The Kier molecular flexibility index (Phi) is 3.16. The van der Waals surface area contributed by atoms with E-state index in [0.717, 1.165) is 18.3 Å². The van der Waals surface area contributed by atoms with Crippen LogP contribution in [0.2, 0.25) is 0 Å². The maximum Gasteiger partial charge on any atom is 0.433 e. The average Bonchev–Trinajstić information content (AvgIpc) is 2.75. The minimum atomic E-state index is -4.50. The van der Waals surface area contributed by atoms with E-state index in [1.54, 1.807) is 0 Å². The number of rotatable bonds is 2. The Morgan fingerprint density at radius 3 is 2.58 bits per heavy atom. The number of nitrogens with zero attached hydrogens (tertiary/aromatic N) is 1. The first-order valence-corrected chi connectivity index (χ1v) is 5.15. The van der Waals surface area contributed by atoms with Gasteiger partial charge in [0, 0.05) is 11.9 Å². The van der Waals surface area contributed by atoms with Crippen LogP contribution in [0.15, 0.2) is 30.6 Å². The number of halogens is 3. The highest BCUT2D eigenvalue weighted by molar-refractivity contribution is 6.03. The van der Waals surface area contributed by atoms with Crippen LogP contribution < -0.4 is 11.1 Å². The number of amides is 1. The third kappa shape index (κ3) is 3.03. The molecule has 0 spiro atoms. The van der Waals surface area contributed by atoms with Crippen molar-refractivity contribution in [1.82, 2.24) is 9.97 Å². The van der Waals surface area contributed by atoms with Gasteiger partial charge in [-0.1, -0.05) is 0 Å². The van der Waals surface area contributed by atoms with Gasteiger partial charge in [-0.2, -0.15) is 13.2 Å². The molecule has 8 heteroatoms. The molecule has 0 saturated heterocycles. The monoisotopic (exact) mass is 270 g/mol. The van der Waals surface area contributed by atoms with Crippen LogP contribution in [0.3, 0.4) is 0 Å². The third-order valence-corrected chi connectivity index (χ3v) is 2.26. The zero-order valence-electron chi connectivity index (χ0n) is 9.45. The van der Waals surface area contributed by atoms with Crippen LogP contribution >= 0.6 is 0 Å². The molecule has 0 unspecified atom stereocenters. The second-order valence-electron chi connectivity index (χ2n) is 3.73. The van der Waals surface area contributed by atoms with E-state index in [0.29, 0.717) is 5.69 Å². The highest BCUT2D eigenvalue weighted by Gasteiger charge is 2.32. The number of nitrogens with two attached hydrogens (primary N) is 1. The molecule has 4 N–H and O–H groups in total. The molecule has 2 aromatic heterocycles. The summed E-state index contributed by atoms with van der Waals surface area (Å²) < 4.78 is 36.8.